The minimum absolute atomic E-state index is 0.167. The lowest BCUT2D eigenvalue weighted by atomic mass is 10.1. The first-order chi connectivity index (χ1) is 10.3. The van der Waals surface area contributed by atoms with Crippen LogP contribution in [0.25, 0.3) is 5.65 Å². The largest absolute Gasteiger partial charge is 0.364 e. The Balaban J connectivity index is 1.78. The second kappa shape index (κ2) is 5.74. The first-order valence-electron chi connectivity index (χ1n) is 6.94. The Morgan fingerprint density at radius 3 is 2.64 bits per heavy atom. The molecule has 0 aliphatic carbocycles. The summed E-state index contributed by atoms with van der Waals surface area (Å²) in [4.78, 5) is 4.43. The number of nitrogens with zero attached hydrogens (tertiary/aromatic N) is 5. The van der Waals surface area contributed by atoms with Crippen molar-refractivity contribution in [2.24, 2.45) is 0 Å². The zero-order chi connectivity index (χ0) is 15.9. The smallest absolute Gasteiger partial charge is 0.211 e. The predicted molar refractivity (Wildman–Crippen MR) is 86.3 cm³/mol. The highest BCUT2D eigenvalue weighted by atomic mass is 79.9. The van der Waals surface area contributed by atoms with Crippen molar-refractivity contribution in [3.63, 3.8) is 0 Å². The maximum absolute atomic E-state index is 11.5. The van der Waals surface area contributed by atoms with Crippen LogP contribution in [0.4, 0.5) is 5.82 Å². The summed E-state index contributed by atoms with van der Waals surface area (Å²) in [7, 11) is -3.10. The Kier molecular flexibility index (Phi) is 4.08. The van der Waals surface area contributed by atoms with Crippen LogP contribution in [0.1, 0.15) is 18.7 Å². The molecule has 0 saturated carbocycles. The van der Waals surface area contributed by atoms with Crippen molar-refractivity contribution in [1.82, 2.24) is 23.9 Å². The molecular formula is C12H17BrN6O2S. The number of aryl methyl sites for hydroxylation is 1. The van der Waals surface area contributed by atoms with Crippen molar-refractivity contribution in [2.75, 3.05) is 24.7 Å². The topological polar surface area (TPSA) is 92.5 Å². The van der Waals surface area contributed by atoms with Gasteiger partial charge >= 0.3 is 0 Å². The van der Waals surface area contributed by atoms with Crippen molar-refractivity contribution >= 4 is 37.4 Å². The molecule has 10 heteroatoms. The lowest BCUT2D eigenvalue weighted by Crippen LogP contribution is -2.42. The first-order valence-corrected chi connectivity index (χ1v) is 9.58. The van der Waals surface area contributed by atoms with E-state index >= 15 is 0 Å². The molecule has 2 aromatic heterocycles. The number of piperidine rings is 1. The van der Waals surface area contributed by atoms with Gasteiger partial charge < -0.3 is 5.32 Å². The molecule has 1 aliphatic heterocycles. The third kappa shape index (κ3) is 3.08. The van der Waals surface area contributed by atoms with Crippen LogP contribution in [0.5, 0.6) is 0 Å². The molecule has 3 heterocycles. The monoisotopic (exact) mass is 388 g/mol. The number of halogens is 1. The Morgan fingerprint density at radius 1 is 1.32 bits per heavy atom. The second-order valence-corrected chi connectivity index (χ2v) is 8.23. The molecule has 1 aliphatic rings. The Bertz CT molecular complexity index is 797. The van der Waals surface area contributed by atoms with Crippen LogP contribution in [0.15, 0.2) is 10.8 Å². The van der Waals surface area contributed by atoms with Gasteiger partial charge in [0.1, 0.15) is 10.4 Å². The summed E-state index contributed by atoms with van der Waals surface area (Å²) in [5.74, 6) is 1.45. The van der Waals surface area contributed by atoms with Gasteiger partial charge in [-0.05, 0) is 35.7 Å². The van der Waals surface area contributed by atoms with Gasteiger partial charge in [0.15, 0.2) is 5.82 Å². The zero-order valence-corrected chi connectivity index (χ0v) is 14.7. The normalized spacial score (nSPS) is 18.0. The van der Waals surface area contributed by atoms with Gasteiger partial charge in [-0.15, -0.1) is 10.2 Å². The van der Waals surface area contributed by atoms with Gasteiger partial charge in [-0.1, -0.05) is 0 Å². The standard InChI is InChI=1S/C12H17BrN6O2S/c1-8-16-17-12-11(15-10(13)7-19(8)12)14-9-3-5-18(6-4-9)22(2,20)21/h7,9H,3-6H2,1-2H3,(H,14,15). The number of nitrogens with one attached hydrogen (secondary N) is 1. The van der Waals surface area contributed by atoms with Crippen molar-refractivity contribution in [1.29, 1.82) is 0 Å². The molecular weight excluding hydrogens is 372 g/mol. The summed E-state index contributed by atoms with van der Waals surface area (Å²) in [5, 5.41) is 11.6. The molecule has 0 spiro atoms. The number of rotatable bonds is 3. The fraction of sp³-hybridized carbons (Fsp3) is 0.583. The fourth-order valence-corrected chi connectivity index (χ4v) is 3.86. The predicted octanol–water partition coefficient (Wildman–Crippen LogP) is 1.03. The molecule has 0 aromatic carbocycles. The minimum Gasteiger partial charge on any atom is -0.364 e. The number of anilines is 1. The maximum Gasteiger partial charge on any atom is 0.211 e. The third-order valence-electron chi connectivity index (χ3n) is 3.80. The highest BCUT2D eigenvalue weighted by molar-refractivity contribution is 9.10. The van der Waals surface area contributed by atoms with Crippen LogP contribution in [0, 0.1) is 6.92 Å². The Hall–Kier alpha value is -1.26. The van der Waals surface area contributed by atoms with Gasteiger partial charge in [-0.3, -0.25) is 4.40 Å². The number of aromatic nitrogens is 4. The van der Waals surface area contributed by atoms with Crippen LogP contribution >= 0.6 is 15.9 Å². The molecule has 3 rings (SSSR count). The number of sulfonamides is 1. The van der Waals surface area contributed by atoms with E-state index in [0.717, 1.165) is 18.7 Å². The molecule has 120 valence electrons. The minimum atomic E-state index is -3.10. The van der Waals surface area contributed by atoms with Gasteiger partial charge in [0.25, 0.3) is 0 Å². The molecule has 0 bridgehead atoms. The van der Waals surface area contributed by atoms with E-state index in [1.165, 1.54) is 10.6 Å². The summed E-state index contributed by atoms with van der Waals surface area (Å²) in [5.41, 5.74) is 0.672. The van der Waals surface area contributed by atoms with Crippen LogP contribution < -0.4 is 5.32 Å². The molecule has 8 nitrogen and oxygen atoms in total. The third-order valence-corrected chi connectivity index (χ3v) is 5.48. The lowest BCUT2D eigenvalue weighted by Gasteiger charge is -2.30. The van der Waals surface area contributed by atoms with Crippen LogP contribution in [0.2, 0.25) is 0 Å². The average Bonchev–Trinajstić information content (AvgIpc) is 2.80. The molecule has 0 radical (unpaired) electrons. The van der Waals surface area contributed by atoms with Crippen molar-refractivity contribution in [3.8, 4) is 0 Å². The fourth-order valence-electron chi connectivity index (χ4n) is 2.60. The summed E-state index contributed by atoms with van der Waals surface area (Å²) >= 11 is 3.39. The highest BCUT2D eigenvalue weighted by Gasteiger charge is 2.25. The summed E-state index contributed by atoms with van der Waals surface area (Å²) < 4.78 is 27.1. The van der Waals surface area contributed by atoms with Crippen molar-refractivity contribution in [3.05, 3.63) is 16.6 Å². The second-order valence-electron chi connectivity index (χ2n) is 5.43. The van der Waals surface area contributed by atoms with Crippen LogP contribution in [-0.2, 0) is 10.0 Å². The number of hydrogen-bond acceptors (Lipinski definition) is 6. The molecule has 22 heavy (non-hydrogen) atoms. The molecule has 0 atom stereocenters. The van der Waals surface area contributed by atoms with Gasteiger partial charge in [0.2, 0.25) is 15.7 Å². The van der Waals surface area contributed by atoms with Crippen LogP contribution in [0.3, 0.4) is 0 Å². The van der Waals surface area contributed by atoms with E-state index in [9.17, 15) is 8.42 Å². The van der Waals surface area contributed by atoms with E-state index in [1.54, 1.807) is 0 Å². The number of fused-ring (bicyclic) bond motifs is 1. The molecule has 1 N–H and O–H groups in total. The van der Waals surface area contributed by atoms with E-state index in [4.69, 9.17) is 0 Å². The molecule has 0 unspecified atom stereocenters. The van der Waals surface area contributed by atoms with Crippen LogP contribution in [-0.4, -0.2) is 57.7 Å². The van der Waals surface area contributed by atoms with E-state index in [-0.39, 0.29) is 6.04 Å². The van der Waals surface area contributed by atoms with E-state index in [0.29, 0.717) is 29.2 Å². The van der Waals surface area contributed by atoms with E-state index in [2.05, 4.69) is 36.4 Å². The summed E-state index contributed by atoms with van der Waals surface area (Å²) in [6.07, 6.45) is 4.54. The van der Waals surface area contributed by atoms with Gasteiger partial charge in [0, 0.05) is 25.3 Å². The van der Waals surface area contributed by atoms with E-state index < -0.39 is 10.0 Å². The summed E-state index contributed by atoms with van der Waals surface area (Å²) in [6, 6.07) is 0.167. The SMILES string of the molecule is Cc1nnc2c(NC3CCN(S(C)(=O)=O)CC3)nc(Br)cn12. The Labute approximate surface area is 137 Å². The maximum atomic E-state index is 11.5. The van der Waals surface area contributed by atoms with Crippen molar-refractivity contribution in [2.45, 2.75) is 25.8 Å². The summed E-state index contributed by atoms with van der Waals surface area (Å²) in [6.45, 7) is 2.92. The average molecular weight is 389 g/mol. The zero-order valence-electron chi connectivity index (χ0n) is 12.3. The molecule has 1 saturated heterocycles. The highest BCUT2D eigenvalue weighted by Crippen LogP contribution is 2.22. The molecule has 1 fully saturated rings. The quantitative estimate of drug-likeness (QED) is 0.843. The lowest BCUT2D eigenvalue weighted by molar-refractivity contribution is 0.331. The van der Waals surface area contributed by atoms with Crippen molar-refractivity contribution < 1.29 is 8.42 Å². The van der Waals surface area contributed by atoms with Gasteiger partial charge in [-0.2, -0.15) is 0 Å². The molecule has 2 aromatic rings. The molecule has 0 amide bonds. The first kappa shape index (κ1) is 15.6. The van der Waals surface area contributed by atoms with E-state index in [1.807, 2.05) is 17.5 Å². The Morgan fingerprint density at radius 2 is 2.00 bits per heavy atom. The number of hydrogen-bond donors (Lipinski definition) is 1. The van der Waals surface area contributed by atoms with Gasteiger partial charge in [0.05, 0.1) is 6.26 Å². The van der Waals surface area contributed by atoms with Gasteiger partial charge in [-0.25, -0.2) is 17.7 Å².